The van der Waals surface area contributed by atoms with Crippen LogP contribution in [-0.4, -0.2) is 55.6 Å². The fourth-order valence-electron chi connectivity index (χ4n) is 4.58. The summed E-state index contributed by atoms with van der Waals surface area (Å²) in [4.78, 5) is 27.2. The molecule has 35 heavy (non-hydrogen) atoms. The number of benzene rings is 2. The van der Waals surface area contributed by atoms with Crippen molar-refractivity contribution in [3.8, 4) is 0 Å². The summed E-state index contributed by atoms with van der Waals surface area (Å²) in [5, 5.41) is 2.94. The van der Waals surface area contributed by atoms with Crippen LogP contribution in [0, 0.1) is 5.92 Å². The molecule has 7 nitrogen and oxygen atoms in total. The Balaban J connectivity index is 1.28. The number of para-hydroxylation sites is 1. The number of carbonyl (C=O) groups excluding carboxylic acids is 2. The van der Waals surface area contributed by atoms with E-state index in [4.69, 9.17) is 0 Å². The molecule has 2 fully saturated rings. The quantitative estimate of drug-likeness (QED) is 0.610. The largest absolute Gasteiger partial charge is 0.339 e. The van der Waals surface area contributed by atoms with Gasteiger partial charge in [-0.2, -0.15) is 4.31 Å². The molecule has 2 aliphatic heterocycles. The second kappa shape index (κ2) is 11.6. The van der Waals surface area contributed by atoms with Gasteiger partial charge in [-0.1, -0.05) is 43.2 Å². The van der Waals surface area contributed by atoms with E-state index < -0.39 is 10.0 Å². The van der Waals surface area contributed by atoms with Gasteiger partial charge < -0.3 is 10.2 Å². The number of hydrogen-bond donors (Lipinski definition) is 1. The third-order valence-electron chi connectivity index (χ3n) is 6.72. The second-order valence-electron chi connectivity index (χ2n) is 9.18. The zero-order valence-electron chi connectivity index (χ0n) is 19.9. The predicted octanol–water partition coefficient (Wildman–Crippen LogP) is 4.14. The van der Waals surface area contributed by atoms with Crippen LogP contribution in [0.25, 0.3) is 6.08 Å². The van der Waals surface area contributed by atoms with Gasteiger partial charge in [0.2, 0.25) is 21.8 Å². The summed E-state index contributed by atoms with van der Waals surface area (Å²) in [5.41, 5.74) is 1.55. The second-order valence-corrected chi connectivity index (χ2v) is 11.1. The van der Waals surface area contributed by atoms with Crippen LogP contribution < -0.4 is 5.32 Å². The minimum atomic E-state index is -3.48. The lowest BCUT2D eigenvalue weighted by atomic mass is 9.95. The number of likely N-dealkylation sites (tertiary alicyclic amines) is 1. The van der Waals surface area contributed by atoms with Crippen molar-refractivity contribution in [1.29, 1.82) is 0 Å². The molecule has 2 aromatic rings. The highest BCUT2D eigenvalue weighted by atomic mass is 32.2. The van der Waals surface area contributed by atoms with Gasteiger partial charge in [0, 0.05) is 43.9 Å². The van der Waals surface area contributed by atoms with Gasteiger partial charge in [0.15, 0.2) is 0 Å². The molecule has 0 spiro atoms. The summed E-state index contributed by atoms with van der Waals surface area (Å²) in [6.45, 7) is 2.21. The fourth-order valence-corrected chi connectivity index (χ4v) is 6.10. The van der Waals surface area contributed by atoms with Gasteiger partial charge in [-0.3, -0.25) is 9.59 Å². The zero-order chi connectivity index (χ0) is 24.7. The summed E-state index contributed by atoms with van der Waals surface area (Å²) >= 11 is 0. The number of hydrogen-bond acceptors (Lipinski definition) is 4. The highest BCUT2D eigenvalue weighted by Crippen LogP contribution is 2.22. The molecule has 0 aromatic heterocycles. The molecule has 2 saturated heterocycles. The molecule has 8 heteroatoms. The van der Waals surface area contributed by atoms with E-state index in [1.165, 1.54) is 6.08 Å². The van der Waals surface area contributed by atoms with E-state index in [9.17, 15) is 18.0 Å². The van der Waals surface area contributed by atoms with Crippen LogP contribution in [0.15, 0.2) is 65.6 Å². The van der Waals surface area contributed by atoms with Crippen LogP contribution in [0.5, 0.6) is 0 Å². The summed E-state index contributed by atoms with van der Waals surface area (Å²) in [6.07, 6.45) is 8.42. The van der Waals surface area contributed by atoms with Crippen LogP contribution in [0.1, 0.15) is 44.1 Å². The Morgan fingerprint density at radius 3 is 2.09 bits per heavy atom. The van der Waals surface area contributed by atoms with Crippen LogP contribution in [0.4, 0.5) is 5.69 Å². The number of anilines is 1. The van der Waals surface area contributed by atoms with Crippen molar-refractivity contribution in [3.63, 3.8) is 0 Å². The summed E-state index contributed by atoms with van der Waals surface area (Å²) < 4.78 is 27.4. The van der Waals surface area contributed by atoms with Crippen LogP contribution >= 0.6 is 0 Å². The van der Waals surface area contributed by atoms with E-state index in [2.05, 4.69) is 5.32 Å². The van der Waals surface area contributed by atoms with Crippen LogP contribution in [0.3, 0.4) is 0 Å². The van der Waals surface area contributed by atoms with Gasteiger partial charge in [0.1, 0.15) is 0 Å². The Kier molecular flexibility index (Phi) is 8.36. The Hall–Kier alpha value is -2.97. The first-order valence-electron chi connectivity index (χ1n) is 12.4. The van der Waals surface area contributed by atoms with Crippen molar-refractivity contribution in [3.05, 3.63) is 66.2 Å². The molecule has 0 atom stereocenters. The normalized spacial score (nSPS) is 18.3. The standard InChI is InChI=1S/C27H33N3O4S/c31-26(29-20-16-23(17-21-29)27(32)28-24-8-4-3-5-9-24)15-12-22-10-13-25(14-11-22)35(33,34)30-18-6-1-2-7-19-30/h3-5,8-15,23H,1-2,6-7,16-21H2,(H,28,32). The molecule has 186 valence electrons. The highest BCUT2D eigenvalue weighted by Gasteiger charge is 2.27. The van der Waals surface area contributed by atoms with E-state index in [0.717, 1.165) is 36.9 Å². The number of amides is 2. The molecule has 2 amide bonds. The van der Waals surface area contributed by atoms with Crippen molar-refractivity contribution in [2.45, 2.75) is 43.4 Å². The van der Waals surface area contributed by atoms with E-state index in [1.807, 2.05) is 30.3 Å². The molecule has 0 radical (unpaired) electrons. The first kappa shape index (κ1) is 25.1. The lowest BCUT2D eigenvalue weighted by molar-refractivity contribution is -0.130. The van der Waals surface area contributed by atoms with E-state index in [1.54, 1.807) is 39.5 Å². The first-order valence-corrected chi connectivity index (χ1v) is 13.8. The molecular weight excluding hydrogens is 462 g/mol. The van der Waals surface area contributed by atoms with Gasteiger partial charge in [0.25, 0.3) is 0 Å². The fraction of sp³-hybridized carbons (Fsp3) is 0.407. The monoisotopic (exact) mass is 495 g/mol. The van der Waals surface area contributed by atoms with Gasteiger partial charge >= 0.3 is 0 Å². The predicted molar refractivity (Wildman–Crippen MR) is 137 cm³/mol. The minimum Gasteiger partial charge on any atom is -0.339 e. The Bertz CT molecular complexity index is 1130. The summed E-state index contributed by atoms with van der Waals surface area (Å²) in [7, 11) is -3.48. The molecular formula is C27H33N3O4S. The smallest absolute Gasteiger partial charge is 0.246 e. The summed E-state index contributed by atoms with van der Waals surface area (Å²) in [5.74, 6) is -0.218. The van der Waals surface area contributed by atoms with Gasteiger partial charge in [0.05, 0.1) is 4.90 Å². The number of piperidine rings is 1. The molecule has 0 saturated carbocycles. The molecule has 0 bridgehead atoms. The number of nitrogens with zero attached hydrogens (tertiary/aromatic N) is 2. The van der Waals surface area contributed by atoms with Gasteiger partial charge in [-0.05, 0) is 61.6 Å². The molecule has 2 heterocycles. The first-order chi connectivity index (χ1) is 16.9. The lowest BCUT2D eigenvalue weighted by Crippen LogP contribution is -2.40. The van der Waals surface area contributed by atoms with Crippen molar-refractivity contribution >= 4 is 33.6 Å². The molecule has 0 aliphatic carbocycles. The Morgan fingerprint density at radius 1 is 0.829 bits per heavy atom. The topological polar surface area (TPSA) is 86.8 Å². The van der Waals surface area contributed by atoms with E-state index in [-0.39, 0.29) is 17.7 Å². The minimum absolute atomic E-state index is 0.00550. The maximum Gasteiger partial charge on any atom is 0.246 e. The molecule has 1 N–H and O–H groups in total. The lowest BCUT2D eigenvalue weighted by Gasteiger charge is -2.30. The number of sulfonamides is 1. The Labute approximate surface area is 207 Å². The number of nitrogens with one attached hydrogen (secondary N) is 1. The number of carbonyl (C=O) groups is 2. The van der Waals surface area contributed by atoms with Crippen molar-refractivity contribution in [1.82, 2.24) is 9.21 Å². The van der Waals surface area contributed by atoms with E-state index >= 15 is 0 Å². The van der Waals surface area contributed by atoms with Gasteiger partial charge in [-0.25, -0.2) is 8.42 Å². The van der Waals surface area contributed by atoms with Gasteiger partial charge in [-0.15, -0.1) is 0 Å². The third kappa shape index (κ3) is 6.58. The summed E-state index contributed by atoms with van der Waals surface area (Å²) in [6, 6.07) is 16.1. The average molecular weight is 496 g/mol. The maximum atomic E-state index is 12.9. The SMILES string of the molecule is O=C(Nc1ccccc1)C1CCN(C(=O)C=Cc2ccc(S(=O)(=O)N3CCCCCC3)cc2)CC1. The van der Waals surface area contributed by atoms with E-state index in [0.29, 0.717) is 43.9 Å². The molecule has 4 rings (SSSR count). The average Bonchev–Trinajstić information content (AvgIpc) is 3.19. The van der Waals surface area contributed by atoms with Crippen LogP contribution in [0.2, 0.25) is 0 Å². The number of rotatable bonds is 6. The van der Waals surface area contributed by atoms with Crippen molar-refractivity contribution in [2.75, 3.05) is 31.5 Å². The zero-order valence-corrected chi connectivity index (χ0v) is 20.8. The highest BCUT2D eigenvalue weighted by molar-refractivity contribution is 7.89. The van der Waals surface area contributed by atoms with Crippen LogP contribution in [-0.2, 0) is 19.6 Å². The van der Waals surface area contributed by atoms with Crippen molar-refractivity contribution < 1.29 is 18.0 Å². The maximum absolute atomic E-state index is 12.9. The van der Waals surface area contributed by atoms with Crippen molar-refractivity contribution in [2.24, 2.45) is 5.92 Å². The molecule has 2 aromatic carbocycles. The Morgan fingerprint density at radius 2 is 1.46 bits per heavy atom. The molecule has 0 unspecified atom stereocenters. The molecule has 2 aliphatic rings. The third-order valence-corrected chi connectivity index (χ3v) is 8.63.